The Labute approximate surface area is 325 Å². The summed E-state index contributed by atoms with van der Waals surface area (Å²) < 4.78 is 2.46. The van der Waals surface area contributed by atoms with Crippen molar-refractivity contribution in [2.75, 3.05) is 0 Å². The maximum atomic E-state index is 5.24. The van der Waals surface area contributed by atoms with Gasteiger partial charge in [0.25, 0.3) is 0 Å². The quantitative estimate of drug-likeness (QED) is 0.162. The summed E-state index contributed by atoms with van der Waals surface area (Å²) in [6.07, 6.45) is 0. The van der Waals surface area contributed by atoms with Crippen molar-refractivity contribution < 1.29 is 0 Å². The van der Waals surface area contributed by atoms with Gasteiger partial charge in [-0.2, -0.15) is 0 Å². The summed E-state index contributed by atoms with van der Waals surface area (Å²) in [7, 11) is 0. The molecule has 11 aromatic rings. The maximum absolute atomic E-state index is 5.24. The predicted molar refractivity (Wildman–Crippen MR) is 238 cm³/mol. The van der Waals surface area contributed by atoms with Gasteiger partial charge in [0.05, 0.1) is 28.1 Å². The van der Waals surface area contributed by atoms with E-state index < -0.39 is 0 Å². The SMILES string of the molecule is Cc1ccc(-c2ccc3c(c2)c2ccccc2c2cc4c(cc32)c2cc(-c3ccccc3)ccc2n4-c2cc(-c3ccccc3)nc(-c3ccccc3)c2)cc1. The third-order valence-corrected chi connectivity index (χ3v) is 11.4. The Balaban J connectivity index is 1.25. The Morgan fingerprint density at radius 1 is 0.304 bits per heavy atom. The fourth-order valence-corrected chi connectivity index (χ4v) is 8.64. The van der Waals surface area contributed by atoms with Gasteiger partial charge in [0.2, 0.25) is 0 Å². The molecule has 2 aromatic heterocycles. The lowest BCUT2D eigenvalue weighted by molar-refractivity contribution is 1.16. The molecule has 0 unspecified atom stereocenters. The maximum Gasteiger partial charge on any atom is 0.0730 e. The highest BCUT2D eigenvalue weighted by molar-refractivity contribution is 6.29. The Hall–Kier alpha value is -7.29. The van der Waals surface area contributed by atoms with Gasteiger partial charge in [0.15, 0.2) is 0 Å². The van der Waals surface area contributed by atoms with Crippen LogP contribution in [0.15, 0.2) is 200 Å². The molecular weight excluding hydrogens is 677 g/mol. The summed E-state index contributed by atoms with van der Waals surface area (Å²) in [6.45, 7) is 2.14. The number of nitrogens with zero attached hydrogens (tertiary/aromatic N) is 2. The monoisotopic (exact) mass is 712 g/mol. The number of rotatable bonds is 5. The van der Waals surface area contributed by atoms with Gasteiger partial charge in [0, 0.05) is 21.9 Å². The minimum Gasteiger partial charge on any atom is -0.309 e. The summed E-state index contributed by atoms with van der Waals surface area (Å²) in [5.41, 5.74) is 13.6. The van der Waals surface area contributed by atoms with Gasteiger partial charge in [-0.1, -0.05) is 163 Å². The lowest BCUT2D eigenvalue weighted by Gasteiger charge is -2.15. The standard InChI is InChI=1S/C54H36N2/c1-35-21-23-37(24-22-35)40-25-27-45-46(29-40)43-19-11-12-20-44(43)48-34-54-50(33-47(45)48)49-30-41(36-13-5-2-6-14-36)26-28-53(49)56(54)42-31-51(38-15-7-3-8-16-38)55-52(32-42)39-17-9-4-10-18-39/h2-34H,1H3. The van der Waals surface area contributed by atoms with Crippen LogP contribution in [-0.2, 0) is 0 Å². The van der Waals surface area contributed by atoms with E-state index in [9.17, 15) is 0 Å². The molecule has 0 amide bonds. The average Bonchev–Trinajstić information content (AvgIpc) is 3.59. The van der Waals surface area contributed by atoms with Crippen LogP contribution in [0.25, 0.3) is 105 Å². The van der Waals surface area contributed by atoms with Gasteiger partial charge in [0.1, 0.15) is 0 Å². The van der Waals surface area contributed by atoms with Crippen LogP contribution in [0, 0.1) is 6.92 Å². The lowest BCUT2D eigenvalue weighted by atomic mass is 9.91. The third-order valence-electron chi connectivity index (χ3n) is 11.4. The first-order chi connectivity index (χ1) is 27.7. The molecule has 0 aliphatic rings. The molecule has 2 heteroatoms. The second-order valence-electron chi connectivity index (χ2n) is 14.8. The zero-order valence-corrected chi connectivity index (χ0v) is 30.9. The van der Waals surface area contributed by atoms with E-state index in [4.69, 9.17) is 4.98 Å². The normalized spacial score (nSPS) is 11.7. The van der Waals surface area contributed by atoms with E-state index >= 15 is 0 Å². The van der Waals surface area contributed by atoms with E-state index in [0.29, 0.717) is 0 Å². The van der Waals surface area contributed by atoms with Crippen LogP contribution in [0.5, 0.6) is 0 Å². The molecule has 0 bridgehead atoms. The number of aryl methyl sites for hydroxylation is 1. The molecule has 2 nitrogen and oxygen atoms in total. The highest BCUT2D eigenvalue weighted by atomic mass is 15.0. The number of fused-ring (bicyclic) bond motifs is 9. The third kappa shape index (κ3) is 5.30. The molecule has 9 aromatic carbocycles. The van der Waals surface area contributed by atoms with E-state index in [1.165, 1.54) is 76.4 Å². The number of hydrogen-bond acceptors (Lipinski definition) is 1. The van der Waals surface area contributed by atoms with Gasteiger partial charge in [-0.3, -0.25) is 0 Å². The second-order valence-corrected chi connectivity index (χ2v) is 14.8. The minimum absolute atomic E-state index is 0.944. The van der Waals surface area contributed by atoms with Crippen LogP contribution < -0.4 is 0 Å². The first-order valence-electron chi connectivity index (χ1n) is 19.3. The van der Waals surface area contributed by atoms with Crippen LogP contribution >= 0.6 is 0 Å². The largest absolute Gasteiger partial charge is 0.309 e. The van der Waals surface area contributed by atoms with E-state index in [0.717, 1.165) is 33.7 Å². The lowest BCUT2D eigenvalue weighted by Crippen LogP contribution is -1.98. The Kier molecular flexibility index (Phi) is 7.43. The topological polar surface area (TPSA) is 17.8 Å². The molecule has 0 atom stereocenters. The number of aromatic nitrogens is 2. The van der Waals surface area contributed by atoms with Gasteiger partial charge >= 0.3 is 0 Å². The van der Waals surface area contributed by atoms with Gasteiger partial charge < -0.3 is 4.57 Å². The highest BCUT2D eigenvalue weighted by Gasteiger charge is 2.19. The molecule has 11 rings (SSSR count). The Morgan fingerprint density at radius 3 is 1.38 bits per heavy atom. The summed E-state index contributed by atoms with van der Waals surface area (Å²) in [5, 5.41) is 10.0. The molecule has 0 radical (unpaired) electrons. The Bertz CT molecular complexity index is 3210. The molecule has 0 saturated carbocycles. The minimum atomic E-state index is 0.944. The molecule has 0 aliphatic heterocycles. The van der Waals surface area contributed by atoms with Gasteiger partial charge in [-0.15, -0.1) is 0 Å². The first-order valence-corrected chi connectivity index (χ1v) is 19.3. The molecule has 0 saturated heterocycles. The van der Waals surface area contributed by atoms with E-state index in [-0.39, 0.29) is 0 Å². The van der Waals surface area contributed by atoms with Crippen molar-refractivity contribution in [1.82, 2.24) is 9.55 Å². The number of hydrogen-bond donors (Lipinski definition) is 0. The van der Waals surface area contributed by atoms with Crippen molar-refractivity contribution in [2.45, 2.75) is 6.92 Å². The summed E-state index contributed by atoms with van der Waals surface area (Å²) in [5.74, 6) is 0. The van der Waals surface area contributed by atoms with Crippen LogP contribution in [0.2, 0.25) is 0 Å². The van der Waals surface area contributed by atoms with Crippen molar-refractivity contribution in [1.29, 1.82) is 0 Å². The zero-order chi connectivity index (χ0) is 37.2. The fourth-order valence-electron chi connectivity index (χ4n) is 8.64. The summed E-state index contributed by atoms with van der Waals surface area (Å²) in [6, 6.07) is 72.9. The van der Waals surface area contributed by atoms with Crippen molar-refractivity contribution in [2.24, 2.45) is 0 Å². The molecule has 262 valence electrons. The van der Waals surface area contributed by atoms with E-state index in [1.54, 1.807) is 0 Å². The second kappa shape index (κ2) is 12.9. The van der Waals surface area contributed by atoms with Crippen LogP contribution in [0.4, 0.5) is 0 Å². The smallest absolute Gasteiger partial charge is 0.0730 e. The molecule has 0 spiro atoms. The molecule has 0 aliphatic carbocycles. The summed E-state index contributed by atoms with van der Waals surface area (Å²) >= 11 is 0. The Morgan fingerprint density at radius 2 is 0.750 bits per heavy atom. The van der Waals surface area contributed by atoms with Crippen molar-refractivity contribution >= 4 is 54.1 Å². The molecule has 0 N–H and O–H groups in total. The zero-order valence-electron chi connectivity index (χ0n) is 30.9. The van der Waals surface area contributed by atoms with Gasteiger partial charge in [-0.25, -0.2) is 4.98 Å². The van der Waals surface area contributed by atoms with Crippen LogP contribution in [0.3, 0.4) is 0 Å². The van der Waals surface area contributed by atoms with E-state index in [2.05, 4.69) is 212 Å². The highest BCUT2D eigenvalue weighted by Crippen LogP contribution is 2.43. The van der Waals surface area contributed by atoms with Crippen LogP contribution in [0.1, 0.15) is 5.56 Å². The van der Waals surface area contributed by atoms with Crippen molar-refractivity contribution in [3.63, 3.8) is 0 Å². The fraction of sp³-hybridized carbons (Fsp3) is 0.0185. The molecular formula is C54H36N2. The first kappa shape index (κ1) is 32.2. The van der Waals surface area contributed by atoms with Crippen molar-refractivity contribution in [3.8, 4) is 50.5 Å². The molecule has 2 heterocycles. The van der Waals surface area contributed by atoms with Crippen molar-refractivity contribution in [3.05, 3.63) is 206 Å². The number of benzene rings is 9. The summed E-state index contributed by atoms with van der Waals surface area (Å²) in [4.78, 5) is 5.24. The van der Waals surface area contributed by atoms with Crippen LogP contribution in [-0.4, -0.2) is 9.55 Å². The average molecular weight is 713 g/mol. The molecule has 56 heavy (non-hydrogen) atoms. The molecule has 0 fully saturated rings. The van der Waals surface area contributed by atoms with Gasteiger partial charge in [-0.05, 0) is 104 Å². The van der Waals surface area contributed by atoms with E-state index in [1.807, 2.05) is 0 Å². The number of pyridine rings is 1. The predicted octanol–water partition coefficient (Wildman–Crippen LogP) is 14.6.